The highest BCUT2D eigenvalue weighted by Gasteiger charge is 2.32. The second-order valence-corrected chi connectivity index (χ2v) is 9.75. The van der Waals surface area contributed by atoms with E-state index in [1.165, 1.54) is 45.4 Å². The normalized spacial score (nSPS) is 15.2. The van der Waals surface area contributed by atoms with Gasteiger partial charge in [0.05, 0.1) is 31.0 Å². The number of hydrogen-bond donors (Lipinski definition) is 1. The smallest absolute Gasteiger partial charge is 0.337 e. The van der Waals surface area contributed by atoms with E-state index in [4.69, 9.17) is 0 Å². The molecule has 2 aromatic carbocycles. The molecule has 0 saturated carbocycles. The first-order valence-electron chi connectivity index (χ1n) is 9.45. The molecule has 0 spiro atoms. The van der Waals surface area contributed by atoms with Crippen LogP contribution < -0.4 is 9.62 Å². The van der Waals surface area contributed by atoms with Crippen molar-refractivity contribution in [1.29, 1.82) is 0 Å². The molecule has 0 saturated heterocycles. The molecule has 1 atom stereocenters. The van der Waals surface area contributed by atoms with Gasteiger partial charge in [0.25, 0.3) is 10.0 Å². The molecule has 3 rings (SSSR count). The quantitative estimate of drug-likeness (QED) is 0.596. The highest BCUT2D eigenvalue weighted by atomic mass is 79.9. The van der Waals surface area contributed by atoms with Crippen molar-refractivity contribution in [2.75, 3.05) is 23.8 Å². The minimum atomic E-state index is -4.17. The summed E-state index contributed by atoms with van der Waals surface area (Å²) < 4.78 is 38.5. The zero-order chi connectivity index (χ0) is 23.8. The summed E-state index contributed by atoms with van der Waals surface area (Å²) >= 11 is 3.30. The summed E-state index contributed by atoms with van der Waals surface area (Å²) in [6, 6.07) is 6.75. The summed E-state index contributed by atoms with van der Waals surface area (Å²) in [4.78, 5) is 37.5. The number of nitrogens with one attached hydrogen (secondary N) is 1. The number of anilines is 2. The summed E-state index contributed by atoms with van der Waals surface area (Å²) in [6.45, 7) is 3.31. The number of rotatable bonds is 5. The van der Waals surface area contributed by atoms with E-state index in [-0.39, 0.29) is 33.7 Å². The van der Waals surface area contributed by atoms with Crippen LogP contribution >= 0.6 is 15.9 Å². The van der Waals surface area contributed by atoms with Crippen LogP contribution in [-0.4, -0.2) is 46.5 Å². The van der Waals surface area contributed by atoms with Crippen molar-refractivity contribution in [3.05, 3.63) is 51.5 Å². The minimum Gasteiger partial charge on any atom is -0.465 e. The molecule has 1 N–H and O–H groups in total. The molecule has 1 aliphatic heterocycles. The number of nitrogens with zero attached hydrogens (tertiary/aromatic N) is 1. The Kier molecular flexibility index (Phi) is 6.61. The molecule has 170 valence electrons. The summed E-state index contributed by atoms with van der Waals surface area (Å²) in [5.74, 6) is -1.69. The number of esters is 2. The number of carbonyl (C=O) groups excluding carboxylic acids is 3. The van der Waals surface area contributed by atoms with Gasteiger partial charge in [-0.3, -0.25) is 9.52 Å². The van der Waals surface area contributed by atoms with E-state index >= 15 is 0 Å². The lowest BCUT2D eigenvalue weighted by molar-refractivity contribution is -0.116. The van der Waals surface area contributed by atoms with Gasteiger partial charge in [-0.25, -0.2) is 18.0 Å². The van der Waals surface area contributed by atoms with Crippen molar-refractivity contribution < 1.29 is 32.3 Å². The Morgan fingerprint density at radius 2 is 1.59 bits per heavy atom. The third-order valence-corrected chi connectivity index (χ3v) is 7.34. The molecular formula is C21H21BrN2O7S. The van der Waals surface area contributed by atoms with Gasteiger partial charge in [-0.15, -0.1) is 0 Å². The van der Waals surface area contributed by atoms with Gasteiger partial charge in [0.1, 0.15) is 4.90 Å². The van der Waals surface area contributed by atoms with Crippen LogP contribution in [0.25, 0.3) is 0 Å². The molecule has 1 amide bonds. The number of ether oxygens (including phenoxy) is 2. The Bertz CT molecular complexity index is 1190. The fourth-order valence-corrected chi connectivity index (χ4v) is 5.82. The average Bonchev–Trinajstić information content (AvgIpc) is 3.05. The highest BCUT2D eigenvalue weighted by molar-refractivity contribution is 9.10. The first-order chi connectivity index (χ1) is 15.0. The molecule has 0 aliphatic carbocycles. The zero-order valence-electron chi connectivity index (χ0n) is 17.8. The van der Waals surface area contributed by atoms with Crippen LogP contribution in [0.2, 0.25) is 0 Å². The standard InChI is InChI=1S/C21H21BrN2O7S/c1-11-5-13-9-17(22)19(10-18(13)24(11)12(2)25)32(28,29)23-16-7-14(20(26)30-3)6-15(8-16)21(27)31-4/h6-11,23H,5H2,1-4H3/t11-/m0/s1. The Morgan fingerprint density at radius 3 is 2.09 bits per heavy atom. The van der Waals surface area contributed by atoms with Gasteiger partial charge in [0.15, 0.2) is 0 Å². The lowest BCUT2D eigenvalue weighted by atomic mass is 10.1. The average molecular weight is 525 g/mol. The second-order valence-electron chi connectivity index (χ2n) is 7.24. The van der Waals surface area contributed by atoms with Crippen molar-refractivity contribution in [3.8, 4) is 0 Å². The van der Waals surface area contributed by atoms with E-state index in [0.717, 1.165) is 5.56 Å². The van der Waals surface area contributed by atoms with E-state index in [2.05, 4.69) is 30.1 Å². The molecule has 0 radical (unpaired) electrons. The molecule has 9 nitrogen and oxygen atoms in total. The third kappa shape index (κ3) is 4.49. The number of benzene rings is 2. The molecule has 1 aliphatic rings. The van der Waals surface area contributed by atoms with Crippen molar-refractivity contribution in [1.82, 2.24) is 0 Å². The third-order valence-electron chi connectivity index (χ3n) is 5.00. The van der Waals surface area contributed by atoms with Gasteiger partial charge in [0, 0.05) is 23.1 Å². The monoisotopic (exact) mass is 524 g/mol. The molecule has 11 heteroatoms. The van der Waals surface area contributed by atoms with Crippen molar-refractivity contribution >= 4 is 55.2 Å². The fourth-order valence-electron chi connectivity index (χ4n) is 3.67. The van der Waals surface area contributed by atoms with E-state index < -0.39 is 22.0 Å². The van der Waals surface area contributed by atoms with E-state index in [1.54, 1.807) is 11.0 Å². The molecule has 1 heterocycles. The summed E-state index contributed by atoms with van der Waals surface area (Å²) in [5, 5.41) is 0. The number of carbonyl (C=O) groups is 3. The largest absolute Gasteiger partial charge is 0.465 e. The van der Waals surface area contributed by atoms with E-state index in [9.17, 15) is 22.8 Å². The van der Waals surface area contributed by atoms with Crippen LogP contribution in [0.5, 0.6) is 0 Å². The Labute approximate surface area is 193 Å². The first-order valence-corrected chi connectivity index (χ1v) is 11.7. The molecule has 0 bridgehead atoms. The van der Waals surface area contributed by atoms with Gasteiger partial charge in [-0.1, -0.05) is 0 Å². The van der Waals surface area contributed by atoms with Gasteiger partial charge in [0.2, 0.25) is 5.91 Å². The van der Waals surface area contributed by atoms with Gasteiger partial charge < -0.3 is 14.4 Å². The number of halogens is 1. The summed E-state index contributed by atoms with van der Waals surface area (Å²) in [5.41, 5.74) is 1.28. The molecule has 0 unspecified atom stereocenters. The highest BCUT2D eigenvalue weighted by Crippen LogP contribution is 2.38. The van der Waals surface area contributed by atoms with Crippen molar-refractivity contribution in [2.45, 2.75) is 31.2 Å². The van der Waals surface area contributed by atoms with Crippen LogP contribution in [0.1, 0.15) is 40.1 Å². The van der Waals surface area contributed by atoms with Crippen LogP contribution in [0.4, 0.5) is 11.4 Å². The molecule has 0 fully saturated rings. The molecular weight excluding hydrogens is 504 g/mol. The number of hydrogen-bond acceptors (Lipinski definition) is 7. The minimum absolute atomic E-state index is 0.0299. The van der Waals surface area contributed by atoms with Crippen LogP contribution in [0, 0.1) is 0 Å². The SMILES string of the molecule is COC(=O)c1cc(NS(=O)(=O)c2cc3c(cc2Br)C[C@H](C)N3C(C)=O)cc(C(=O)OC)c1. The predicted octanol–water partition coefficient (Wildman–Crippen LogP) is 3.12. The summed E-state index contributed by atoms with van der Waals surface area (Å²) in [6.07, 6.45) is 0.602. The van der Waals surface area contributed by atoms with Crippen molar-refractivity contribution in [3.63, 3.8) is 0 Å². The Morgan fingerprint density at radius 1 is 1.03 bits per heavy atom. The van der Waals surface area contributed by atoms with Gasteiger partial charge in [-0.05, 0) is 65.2 Å². The predicted molar refractivity (Wildman–Crippen MR) is 120 cm³/mol. The van der Waals surface area contributed by atoms with Gasteiger partial charge in [-0.2, -0.15) is 0 Å². The number of methoxy groups -OCH3 is 2. The van der Waals surface area contributed by atoms with Crippen molar-refractivity contribution in [2.24, 2.45) is 0 Å². The van der Waals surface area contributed by atoms with E-state index in [0.29, 0.717) is 16.6 Å². The maximum atomic E-state index is 13.2. The number of amides is 1. The Balaban J connectivity index is 2.06. The summed E-state index contributed by atoms with van der Waals surface area (Å²) in [7, 11) is -1.84. The maximum absolute atomic E-state index is 13.2. The van der Waals surface area contributed by atoms with Gasteiger partial charge >= 0.3 is 11.9 Å². The Hall–Kier alpha value is -2.92. The van der Waals surface area contributed by atoms with E-state index in [1.807, 2.05) is 6.92 Å². The van der Waals surface area contributed by atoms with Crippen LogP contribution in [-0.2, 0) is 30.7 Å². The number of sulfonamides is 1. The van der Waals surface area contributed by atoms with Crippen LogP contribution in [0.3, 0.4) is 0 Å². The lowest BCUT2D eigenvalue weighted by Gasteiger charge is -2.21. The number of fused-ring (bicyclic) bond motifs is 1. The second kappa shape index (κ2) is 8.91. The maximum Gasteiger partial charge on any atom is 0.337 e. The van der Waals surface area contributed by atoms with Crippen LogP contribution in [0.15, 0.2) is 39.7 Å². The zero-order valence-corrected chi connectivity index (χ0v) is 20.2. The fraction of sp³-hybridized carbons (Fsp3) is 0.286. The lowest BCUT2D eigenvalue weighted by Crippen LogP contribution is -2.33. The topological polar surface area (TPSA) is 119 Å². The molecule has 0 aromatic heterocycles. The molecule has 32 heavy (non-hydrogen) atoms. The molecule has 2 aromatic rings. The first kappa shape index (κ1) is 23.7.